The molecule has 1 spiro atoms. The van der Waals surface area contributed by atoms with E-state index in [1.54, 1.807) is 6.92 Å². The summed E-state index contributed by atoms with van der Waals surface area (Å²) in [5.74, 6) is 0.578. The zero-order valence-corrected chi connectivity index (χ0v) is 12.2. The van der Waals surface area contributed by atoms with Gasteiger partial charge in [-0.1, -0.05) is 11.8 Å². The van der Waals surface area contributed by atoms with E-state index in [1.165, 1.54) is 11.8 Å². The van der Waals surface area contributed by atoms with Gasteiger partial charge < -0.3 is 5.32 Å². The Morgan fingerprint density at radius 3 is 2.47 bits per heavy atom. The molecule has 0 bridgehead atoms. The molecule has 4 nitrogen and oxygen atoms in total. The number of nitrogens with one attached hydrogen (secondary N) is 1. The van der Waals surface area contributed by atoms with Crippen LogP contribution in [0.2, 0.25) is 0 Å². The maximum atomic E-state index is 11.4. The summed E-state index contributed by atoms with van der Waals surface area (Å²) in [5, 5.41) is 3.89. The molecule has 0 radical (unpaired) electrons. The first kappa shape index (κ1) is 15.3. The highest BCUT2D eigenvalue weighted by Crippen LogP contribution is 2.36. The summed E-state index contributed by atoms with van der Waals surface area (Å²) in [4.78, 5) is 11.0. The highest BCUT2D eigenvalue weighted by atomic mass is 35.5. The van der Waals surface area contributed by atoms with Gasteiger partial charge in [0.1, 0.15) is 9.84 Å². The lowest BCUT2D eigenvalue weighted by Gasteiger charge is -2.33. The topological polar surface area (TPSA) is 63.2 Å². The quantitative estimate of drug-likeness (QED) is 0.782. The van der Waals surface area contributed by atoms with E-state index in [0.29, 0.717) is 18.1 Å². The first-order chi connectivity index (χ1) is 7.41. The molecule has 2 saturated heterocycles. The zero-order valence-electron chi connectivity index (χ0n) is 9.77. The highest BCUT2D eigenvalue weighted by Gasteiger charge is 2.43. The van der Waals surface area contributed by atoms with E-state index in [-0.39, 0.29) is 34.6 Å². The van der Waals surface area contributed by atoms with E-state index in [0.717, 1.165) is 13.0 Å². The van der Waals surface area contributed by atoms with E-state index in [9.17, 15) is 13.2 Å². The van der Waals surface area contributed by atoms with Gasteiger partial charge in [-0.25, -0.2) is 8.42 Å². The maximum Gasteiger partial charge on any atom is 0.186 e. The molecule has 1 N–H and O–H groups in total. The second-order valence-electron chi connectivity index (χ2n) is 4.75. The first-order valence-corrected chi connectivity index (χ1v) is 8.24. The molecular formula is C10H18ClNO3S2. The normalized spacial score (nSPS) is 29.8. The Labute approximate surface area is 113 Å². The van der Waals surface area contributed by atoms with Crippen LogP contribution in [0, 0.1) is 0 Å². The molecule has 0 aromatic heterocycles. The monoisotopic (exact) mass is 299 g/mol. The third kappa shape index (κ3) is 3.84. The summed E-state index contributed by atoms with van der Waals surface area (Å²) >= 11 is 1.38. The number of thioether (sulfide) groups is 1. The lowest BCUT2D eigenvalue weighted by Crippen LogP contribution is -2.46. The van der Waals surface area contributed by atoms with Crippen LogP contribution in [0.5, 0.6) is 0 Å². The van der Waals surface area contributed by atoms with Crippen LogP contribution in [0.3, 0.4) is 0 Å². The number of hydrogen-bond acceptors (Lipinski definition) is 5. The SMILES string of the molecule is CC(=O)SC1CNC2(CCS(=O)(=O)CC2)C1.Cl. The van der Waals surface area contributed by atoms with Gasteiger partial charge in [0.25, 0.3) is 0 Å². The van der Waals surface area contributed by atoms with E-state index < -0.39 is 9.84 Å². The Morgan fingerprint density at radius 1 is 1.35 bits per heavy atom. The third-order valence-electron chi connectivity index (χ3n) is 3.44. The van der Waals surface area contributed by atoms with Gasteiger partial charge in [-0.2, -0.15) is 0 Å². The average Bonchev–Trinajstić information content (AvgIpc) is 2.55. The second-order valence-corrected chi connectivity index (χ2v) is 8.53. The van der Waals surface area contributed by atoms with Gasteiger partial charge in [0.15, 0.2) is 5.12 Å². The smallest absolute Gasteiger partial charge is 0.186 e. The summed E-state index contributed by atoms with van der Waals surface area (Å²) in [5.41, 5.74) is -0.0154. The molecule has 0 amide bonds. The van der Waals surface area contributed by atoms with Crippen LogP contribution in [-0.2, 0) is 14.6 Å². The van der Waals surface area contributed by atoms with Crippen LogP contribution in [0.15, 0.2) is 0 Å². The molecular weight excluding hydrogens is 282 g/mol. The molecule has 17 heavy (non-hydrogen) atoms. The lowest BCUT2D eigenvalue weighted by atomic mass is 9.91. The van der Waals surface area contributed by atoms with Crippen molar-refractivity contribution in [1.82, 2.24) is 5.32 Å². The predicted molar refractivity (Wildman–Crippen MR) is 72.5 cm³/mol. The highest BCUT2D eigenvalue weighted by molar-refractivity contribution is 8.14. The minimum Gasteiger partial charge on any atom is -0.310 e. The van der Waals surface area contributed by atoms with Crippen molar-refractivity contribution in [1.29, 1.82) is 0 Å². The van der Waals surface area contributed by atoms with Crippen molar-refractivity contribution in [3.63, 3.8) is 0 Å². The van der Waals surface area contributed by atoms with Crippen LogP contribution in [0.4, 0.5) is 0 Å². The van der Waals surface area contributed by atoms with E-state index in [2.05, 4.69) is 5.32 Å². The standard InChI is InChI=1S/C10H17NO3S2.ClH/c1-8(12)15-9-6-10(11-7-9)2-4-16(13,14)5-3-10;/h9,11H,2-7H2,1H3;1H. The molecule has 0 aromatic carbocycles. The minimum absolute atomic E-state index is 0. The minimum atomic E-state index is -2.80. The van der Waals surface area contributed by atoms with E-state index in [4.69, 9.17) is 0 Å². The van der Waals surface area contributed by atoms with Gasteiger partial charge >= 0.3 is 0 Å². The molecule has 2 aliphatic heterocycles. The van der Waals surface area contributed by atoms with Crippen molar-refractivity contribution < 1.29 is 13.2 Å². The zero-order chi connectivity index (χ0) is 11.8. The molecule has 1 atom stereocenters. The Morgan fingerprint density at radius 2 is 1.94 bits per heavy atom. The van der Waals surface area contributed by atoms with Crippen LogP contribution >= 0.6 is 24.2 Å². The molecule has 0 saturated carbocycles. The number of sulfone groups is 1. The second kappa shape index (κ2) is 5.47. The third-order valence-corrected chi connectivity index (χ3v) is 6.09. The number of halogens is 1. The van der Waals surface area contributed by atoms with Crippen molar-refractivity contribution in [2.75, 3.05) is 18.1 Å². The Balaban J connectivity index is 0.00000144. The molecule has 0 aliphatic carbocycles. The summed E-state index contributed by atoms with van der Waals surface area (Å²) in [7, 11) is -2.80. The fraction of sp³-hybridized carbons (Fsp3) is 0.900. The molecule has 2 heterocycles. The van der Waals surface area contributed by atoms with Crippen molar-refractivity contribution in [2.45, 2.75) is 37.0 Å². The molecule has 7 heteroatoms. The lowest BCUT2D eigenvalue weighted by molar-refractivity contribution is -0.109. The van der Waals surface area contributed by atoms with Crippen LogP contribution in [-0.4, -0.2) is 42.4 Å². The number of carbonyl (C=O) groups is 1. The largest absolute Gasteiger partial charge is 0.310 e. The molecule has 1 unspecified atom stereocenters. The summed E-state index contributed by atoms with van der Waals surface area (Å²) in [6, 6.07) is 0. The fourth-order valence-corrected chi connectivity index (χ4v) is 5.18. The summed E-state index contributed by atoms with van der Waals surface area (Å²) in [6.45, 7) is 2.41. The number of hydrogen-bond donors (Lipinski definition) is 1. The van der Waals surface area contributed by atoms with Crippen molar-refractivity contribution >= 4 is 39.1 Å². The van der Waals surface area contributed by atoms with Gasteiger partial charge in [-0.05, 0) is 19.3 Å². The van der Waals surface area contributed by atoms with Crippen LogP contribution < -0.4 is 5.32 Å². The van der Waals surface area contributed by atoms with Crippen LogP contribution in [0.25, 0.3) is 0 Å². The molecule has 0 aromatic rings. The van der Waals surface area contributed by atoms with Gasteiger partial charge in [-0.3, -0.25) is 4.79 Å². The van der Waals surface area contributed by atoms with E-state index in [1.807, 2.05) is 0 Å². The van der Waals surface area contributed by atoms with Crippen molar-refractivity contribution in [3.8, 4) is 0 Å². The summed E-state index contributed by atoms with van der Waals surface area (Å²) in [6.07, 6.45) is 2.32. The Hall–Kier alpha value is 0.220. The van der Waals surface area contributed by atoms with Gasteiger partial charge in [-0.15, -0.1) is 12.4 Å². The van der Waals surface area contributed by atoms with Gasteiger partial charge in [0, 0.05) is 24.3 Å². The molecule has 2 fully saturated rings. The number of rotatable bonds is 1. The van der Waals surface area contributed by atoms with E-state index >= 15 is 0 Å². The van der Waals surface area contributed by atoms with Crippen LogP contribution in [0.1, 0.15) is 26.2 Å². The maximum absolute atomic E-state index is 11.4. The van der Waals surface area contributed by atoms with Gasteiger partial charge in [0.2, 0.25) is 0 Å². The Bertz CT molecular complexity index is 382. The first-order valence-electron chi connectivity index (χ1n) is 5.54. The predicted octanol–water partition coefficient (Wildman–Crippen LogP) is 0.997. The molecule has 2 rings (SSSR count). The molecule has 100 valence electrons. The fourth-order valence-electron chi connectivity index (χ4n) is 2.54. The van der Waals surface area contributed by atoms with Crippen molar-refractivity contribution in [2.24, 2.45) is 0 Å². The van der Waals surface area contributed by atoms with Gasteiger partial charge in [0.05, 0.1) is 11.5 Å². The summed E-state index contributed by atoms with van der Waals surface area (Å²) < 4.78 is 22.7. The van der Waals surface area contributed by atoms with Crippen molar-refractivity contribution in [3.05, 3.63) is 0 Å². The number of carbonyl (C=O) groups excluding carboxylic acids is 1. The average molecular weight is 300 g/mol. The Kier molecular flexibility index (Phi) is 4.91. The molecule has 2 aliphatic rings.